The van der Waals surface area contributed by atoms with E-state index in [2.05, 4.69) is 4.99 Å². The Hall–Kier alpha value is -2.49. The van der Waals surface area contributed by atoms with Crippen molar-refractivity contribution in [1.29, 1.82) is 0 Å². The number of hydrogen-bond donors (Lipinski definition) is 0. The monoisotopic (exact) mass is 480 g/mol. The van der Waals surface area contributed by atoms with Crippen LogP contribution in [0.1, 0.15) is 18.4 Å². The fraction of sp³-hybridized carbons (Fsp3) is 0.286. The number of fused-ring (bicyclic) bond motifs is 1. The van der Waals surface area contributed by atoms with Crippen LogP contribution in [0.2, 0.25) is 5.02 Å². The van der Waals surface area contributed by atoms with E-state index in [1.807, 2.05) is 6.07 Å². The Balaban J connectivity index is 1.73. The number of sulfone groups is 1. The summed E-state index contributed by atoms with van der Waals surface area (Å²) >= 11 is 7.26. The topological polar surface area (TPSA) is 94.8 Å². The zero-order chi connectivity index (χ0) is 22.4. The van der Waals surface area contributed by atoms with Crippen molar-refractivity contribution in [1.82, 2.24) is 4.57 Å². The van der Waals surface area contributed by atoms with Gasteiger partial charge < -0.3 is 9.30 Å². The highest BCUT2D eigenvalue weighted by Crippen LogP contribution is 2.22. The number of aromatic nitrogens is 1. The maximum absolute atomic E-state index is 12.4. The molecule has 0 aliphatic carbocycles. The Morgan fingerprint density at radius 1 is 1.16 bits per heavy atom. The lowest BCUT2D eigenvalue weighted by molar-refractivity contribution is -0.141. The van der Waals surface area contributed by atoms with E-state index < -0.39 is 21.7 Å². The lowest BCUT2D eigenvalue weighted by atomic mass is 10.2. The Labute approximate surface area is 188 Å². The molecule has 3 aromatic rings. The zero-order valence-electron chi connectivity index (χ0n) is 16.8. The summed E-state index contributed by atoms with van der Waals surface area (Å²) in [5.41, 5.74) is 1.42. The van der Waals surface area contributed by atoms with Crippen LogP contribution in [0.5, 0.6) is 0 Å². The largest absolute Gasteiger partial charge is 0.468 e. The minimum Gasteiger partial charge on any atom is -0.468 e. The summed E-state index contributed by atoms with van der Waals surface area (Å²) in [6.07, 6.45) is 0.159. The van der Waals surface area contributed by atoms with Crippen molar-refractivity contribution in [2.75, 3.05) is 12.9 Å². The van der Waals surface area contributed by atoms with Gasteiger partial charge in [-0.15, -0.1) is 0 Å². The molecule has 0 unspecified atom stereocenters. The van der Waals surface area contributed by atoms with Gasteiger partial charge >= 0.3 is 5.97 Å². The first-order valence-corrected chi connectivity index (χ1v) is 12.5. The zero-order valence-corrected chi connectivity index (χ0v) is 19.2. The van der Waals surface area contributed by atoms with Gasteiger partial charge in [0.2, 0.25) is 5.91 Å². The summed E-state index contributed by atoms with van der Waals surface area (Å²) in [7, 11) is -2.04. The fourth-order valence-corrected chi connectivity index (χ4v) is 5.74. The van der Waals surface area contributed by atoms with Crippen LogP contribution in [-0.2, 0) is 36.5 Å². The summed E-state index contributed by atoms with van der Waals surface area (Å²) in [5, 5.41) is 0.528. The van der Waals surface area contributed by atoms with Gasteiger partial charge in [0.25, 0.3) is 0 Å². The van der Waals surface area contributed by atoms with Gasteiger partial charge in [0, 0.05) is 11.4 Å². The molecule has 164 valence electrons. The SMILES string of the molecule is COC(=O)Cn1c(=NC(=O)CCCS(=O)(=O)Cc2ccccc2)sc2cc(Cl)ccc21. The normalized spacial score (nSPS) is 12.3. The molecule has 2 aromatic carbocycles. The summed E-state index contributed by atoms with van der Waals surface area (Å²) in [4.78, 5) is 28.6. The quantitative estimate of drug-likeness (QED) is 0.461. The number of methoxy groups -OCH3 is 1. The molecule has 0 radical (unpaired) electrons. The second kappa shape index (κ2) is 10.2. The van der Waals surface area contributed by atoms with Gasteiger partial charge in [-0.25, -0.2) is 8.42 Å². The summed E-state index contributed by atoms with van der Waals surface area (Å²) < 4.78 is 31.7. The smallest absolute Gasteiger partial charge is 0.325 e. The predicted octanol–water partition coefficient (Wildman–Crippen LogP) is 3.35. The van der Waals surface area contributed by atoms with Crippen molar-refractivity contribution < 1.29 is 22.7 Å². The third-order valence-electron chi connectivity index (χ3n) is 4.46. The molecule has 31 heavy (non-hydrogen) atoms. The highest BCUT2D eigenvalue weighted by molar-refractivity contribution is 7.90. The Kier molecular flexibility index (Phi) is 7.64. The van der Waals surface area contributed by atoms with E-state index in [1.54, 1.807) is 47.0 Å². The van der Waals surface area contributed by atoms with Gasteiger partial charge in [0.05, 0.1) is 28.8 Å². The molecule has 3 rings (SSSR count). The number of rotatable bonds is 8. The van der Waals surface area contributed by atoms with Gasteiger partial charge in [0.15, 0.2) is 14.6 Å². The number of ether oxygens (including phenoxy) is 1. The first kappa shape index (κ1) is 23.2. The molecule has 0 saturated carbocycles. The third-order valence-corrected chi connectivity index (χ3v) is 7.42. The number of hydrogen-bond acceptors (Lipinski definition) is 6. The maximum Gasteiger partial charge on any atom is 0.325 e. The summed E-state index contributed by atoms with van der Waals surface area (Å²) in [6, 6.07) is 14.1. The van der Waals surface area contributed by atoms with E-state index in [-0.39, 0.29) is 30.9 Å². The van der Waals surface area contributed by atoms with Crippen LogP contribution in [0, 0.1) is 0 Å². The first-order chi connectivity index (χ1) is 14.8. The van der Waals surface area contributed by atoms with Crippen LogP contribution >= 0.6 is 22.9 Å². The molecule has 0 atom stereocenters. The number of carbonyl (C=O) groups excluding carboxylic acids is 2. The molecular formula is C21H21ClN2O5S2. The van der Waals surface area contributed by atoms with Crippen LogP contribution in [0.25, 0.3) is 10.2 Å². The van der Waals surface area contributed by atoms with Crippen LogP contribution in [0.3, 0.4) is 0 Å². The third kappa shape index (κ3) is 6.49. The van der Waals surface area contributed by atoms with Gasteiger partial charge in [0.1, 0.15) is 6.54 Å². The molecule has 7 nitrogen and oxygen atoms in total. The van der Waals surface area contributed by atoms with Gasteiger partial charge in [-0.05, 0) is 30.2 Å². The van der Waals surface area contributed by atoms with Gasteiger partial charge in [-0.2, -0.15) is 4.99 Å². The average molecular weight is 481 g/mol. The Morgan fingerprint density at radius 2 is 1.90 bits per heavy atom. The number of carbonyl (C=O) groups is 2. The molecule has 0 aliphatic rings. The van der Waals surface area contributed by atoms with Crippen molar-refractivity contribution >= 4 is 54.9 Å². The summed E-state index contributed by atoms with van der Waals surface area (Å²) in [6.45, 7) is -0.101. The Bertz CT molecular complexity index is 1260. The fourth-order valence-electron chi connectivity index (χ4n) is 2.99. The van der Waals surface area contributed by atoms with Crippen LogP contribution in [-0.4, -0.2) is 37.7 Å². The predicted molar refractivity (Wildman–Crippen MR) is 121 cm³/mol. The van der Waals surface area contributed by atoms with Crippen molar-refractivity contribution in [3.63, 3.8) is 0 Å². The van der Waals surface area contributed by atoms with Crippen LogP contribution in [0.15, 0.2) is 53.5 Å². The molecule has 0 bridgehead atoms. The first-order valence-electron chi connectivity index (χ1n) is 9.45. The maximum atomic E-state index is 12.4. The second-order valence-corrected chi connectivity index (χ2v) is 10.5. The lowest BCUT2D eigenvalue weighted by Gasteiger charge is -2.04. The van der Waals surface area contributed by atoms with E-state index >= 15 is 0 Å². The van der Waals surface area contributed by atoms with E-state index in [0.717, 1.165) is 4.70 Å². The second-order valence-electron chi connectivity index (χ2n) is 6.85. The van der Waals surface area contributed by atoms with E-state index in [4.69, 9.17) is 16.3 Å². The van der Waals surface area contributed by atoms with E-state index in [1.165, 1.54) is 18.4 Å². The number of esters is 1. The Morgan fingerprint density at radius 3 is 2.61 bits per heavy atom. The van der Waals surface area contributed by atoms with Gasteiger partial charge in [-0.3, -0.25) is 9.59 Å². The molecule has 0 spiro atoms. The number of benzene rings is 2. The standard InChI is InChI=1S/C21H21ClN2O5S2/c1-29-20(26)13-24-17-10-9-16(22)12-18(17)30-21(24)23-19(25)8-5-11-31(27,28)14-15-6-3-2-4-7-15/h2-4,6-7,9-10,12H,5,8,11,13-14H2,1H3. The van der Waals surface area contributed by atoms with Crippen molar-refractivity contribution in [2.24, 2.45) is 4.99 Å². The highest BCUT2D eigenvalue weighted by atomic mass is 35.5. The van der Waals surface area contributed by atoms with Crippen LogP contribution in [0.4, 0.5) is 0 Å². The van der Waals surface area contributed by atoms with E-state index in [9.17, 15) is 18.0 Å². The van der Waals surface area contributed by atoms with Crippen molar-refractivity contribution in [3.05, 3.63) is 63.9 Å². The minimum atomic E-state index is -3.33. The molecular weight excluding hydrogens is 460 g/mol. The molecule has 1 aromatic heterocycles. The lowest BCUT2D eigenvalue weighted by Crippen LogP contribution is -2.22. The molecule has 1 amide bonds. The van der Waals surface area contributed by atoms with Crippen LogP contribution < -0.4 is 4.80 Å². The average Bonchev–Trinajstić information content (AvgIpc) is 3.03. The molecule has 1 heterocycles. The molecule has 0 N–H and O–H groups in total. The number of amides is 1. The highest BCUT2D eigenvalue weighted by Gasteiger charge is 2.15. The van der Waals surface area contributed by atoms with E-state index in [0.29, 0.717) is 20.9 Å². The van der Waals surface area contributed by atoms with Crippen molar-refractivity contribution in [3.8, 4) is 0 Å². The van der Waals surface area contributed by atoms with Crippen molar-refractivity contribution in [2.45, 2.75) is 25.1 Å². The minimum absolute atomic E-state index is 0.0127. The number of halogens is 1. The number of nitrogens with zero attached hydrogens (tertiary/aromatic N) is 2. The molecule has 0 fully saturated rings. The molecule has 0 saturated heterocycles. The summed E-state index contributed by atoms with van der Waals surface area (Å²) in [5.74, 6) is -1.09. The number of thiazole rings is 1. The molecule has 10 heteroatoms. The molecule has 0 aliphatic heterocycles. The van der Waals surface area contributed by atoms with Gasteiger partial charge in [-0.1, -0.05) is 53.3 Å².